The summed E-state index contributed by atoms with van der Waals surface area (Å²) in [5.41, 5.74) is 1.09. The summed E-state index contributed by atoms with van der Waals surface area (Å²) in [5, 5.41) is 6.05. The molecular formula is C15H17BrN2OS. The second-order valence-electron chi connectivity index (χ2n) is 4.52. The second kappa shape index (κ2) is 7.57. The van der Waals surface area contributed by atoms with Crippen molar-refractivity contribution in [3.05, 3.63) is 56.2 Å². The number of carbonyl (C=O) groups is 1. The molecule has 2 aromatic rings. The molecule has 3 nitrogen and oxygen atoms in total. The van der Waals surface area contributed by atoms with Gasteiger partial charge in [0.1, 0.15) is 0 Å². The van der Waals surface area contributed by atoms with Crippen molar-refractivity contribution in [3.8, 4) is 0 Å². The Bertz CT molecular complexity index is 566. The van der Waals surface area contributed by atoms with E-state index in [0.29, 0.717) is 13.1 Å². The highest BCUT2D eigenvalue weighted by Gasteiger charge is 2.02. The third-order valence-corrected chi connectivity index (χ3v) is 4.31. The number of benzene rings is 1. The third kappa shape index (κ3) is 5.07. The lowest BCUT2D eigenvalue weighted by molar-refractivity contribution is -0.120. The van der Waals surface area contributed by atoms with E-state index in [2.05, 4.69) is 45.6 Å². The summed E-state index contributed by atoms with van der Waals surface area (Å²) in [5.74, 6) is 0.0150. The van der Waals surface area contributed by atoms with E-state index in [1.807, 2.05) is 24.3 Å². The van der Waals surface area contributed by atoms with Gasteiger partial charge in [-0.25, -0.2) is 0 Å². The van der Waals surface area contributed by atoms with Gasteiger partial charge in [-0.1, -0.05) is 28.1 Å². The smallest absolute Gasteiger partial charge is 0.234 e. The van der Waals surface area contributed by atoms with Crippen molar-refractivity contribution in [2.24, 2.45) is 0 Å². The van der Waals surface area contributed by atoms with E-state index in [1.54, 1.807) is 11.3 Å². The van der Waals surface area contributed by atoms with Gasteiger partial charge in [-0.2, -0.15) is 0 Å². The maximum atomic E-state index is 11.7. The van der Waals surface area contributed by atoms with Gasteiger partial charge in [0, 0.05) is 27.3 Å². The second-order valence-corrected chi connectivity index (χ2v) is 6.81. The number of amides is 1. The molecule has 1 aromatic heterocycles. The molecule has 20 heavy (non-hydrogen) atoms. The van der Waals surface area contributed by atoms with Gasteiger partial charge in [-0.15, -0.1) is 11.3 Å². The number of halogens is 1. The Labute approximate surface area is 131 Å². The minimum atomic E-state index is 0.0150. The van der Waals surface area contributed by atoms with E-state index in [0.717, 1.165) is 16.6 Å². The molecule has 0 radical (unpaired) electrons. The molecule has 0 aliphatic rings. The molecule has 0 unspecified atom stereocenters. The Kier molecular flexibility index (Phi) is 5.76. The van der Waals surface area contributed by atoms with Crippen LogP contribution in [0.5, 0.6) is 0 Å². The molecule has 0 saturated heterocycles. The van der Waals surface area contributed by atoms with Crippen LogP contribution in [0.3, 0.4) is 0 Å². The molecule has 2 rings (SSSR count). The monoisotopic (exact) mass is 352 g/mol. The lowest BCUT2D eigenvalue weighted by Crippen LogP contribution is -2.33. The van der Waals surface area contributed by atoms with E-state index >= 15 is 0 Å². The molecule has 0 spiro atoms. The molecule has 0 atom stereocenters. The van der Waals surface area contributed by atoms with Crippen LogP contribution in [0.25, 0.3) is 0 Å². The summed E-state index contributed by atoms with van der Waals surface area (Å²) in [6, 6.07) is 12.1. The Hall–Kier alpha value is -1.17. The average molecular weight is 353 g/mol. The van der Waals surface area contributed by atoms with E-state index in [1.165, 1.54) is 9.75 Å². The minimum Gasteiger partial charge on any atom is -0.351 e. The molecule has 0 aliphatic heterocycles. The summed E-state index contributed by atoms with van der Waals surface area (Å²) >= 11 is 5.14. The van der Waals surface area contributed by atoms with Crippen LogP contribution in [0.1, 0.15) is 15.3 Å². The predicted octanol–water partition coefficient (Wildman–Crippen LogP) is 3.23. The zero-order valence-electron chi connectivity index (χ0n) is 11.3. The topological polar surface area (TPSA) is 41.1 Å². The van der Waals surface area contributed by atoms with Gasteiger partial charge in [-0.05, 0) is 36.8 Å². The van der Waals surface area contributed by atoms with Crippen molar-refractivity contribution >= 4 is 33.2 Å². The molecule has 1 aromatic carbocycles. The number of aryl methyl sites for hydroxylation is 1. The Morgan fingerprint density at radius 2 is 1.90 bits per heavy atom. The van der Waals surface area contributed by atoms with Crippen molar-refractivity contribution in [1.29, 1.82) is 0 Å². The fourth-order valence-corrected chi connectivity index (χ4v) is 2.87. The normalized spacial score (nSPS) is 10.5. The third-order valence-electron chi connectivity index (χ3n) is 2.78. The molecule has 0 fully saturated rings. The number of hydrogen-bond donors (Lipinski definition) is 2. The molecule has 1 heterocycles. The van der Waals surface area contributed by atoms with Crippen LogP contribution in [-0.4, -0.2) is 12.5 Å². The number of hydrogen-bond acceptors (Lipinski definition) is 3. The van der Waals surface area contributed by atoms with Crippen LogP contribution in [-0.2, 0) is 17.9 Å². The first-order valence-corrected chi connectivity index (χ1v) is 8.01. The molecule has 0 bridgehead atoms. The number of thiophene rings is 1. The highest BCUT2D eigenvalue weighted by Crippen LogP contribution is 2.14. The molecule has 0 saturated carbocycles. The van der Waals surface area contributed by atoms with Crippen molar-refractivity contribution in [1.82, 2.24) is 10.6 Å². The maximum Gasteiger partial charge on any atom is 0.234 e. The van der Waals surface area contributed by atoms with Crippen molar-refractivity contribution in [2.45, 2.75) is 20.0 Å². The number of nitrogens with one attached hydrogen (secondary N) is 2. The molecule has 1 amide bonds. The van der Waals surface area contributed by atoms with Gasteiger partial charge in [0.2, 0.25) is 5.91 Å². The molecular weight excluding hydrogens is 336 g/mol. The molecule has 2 N–H and O–H groups in total. The summed E-state index contributed by atoms with van der Waals surface area (Å²) < 4.78 is 1.04. The SMILES string of the molecule is Cc1ccc(CNCC(=O)NCc2ccc(Br)cc2)s1. The first-order valence-electron chi connectivity index (χ1n) is 6.40. The predicted molar refractivity (Wildman–Crippen MR) is 86.8 cm³/mol. The first kappa shape index (κ1) is 15.2. The van der Waals surface area contributed by atoms with Crippen LogP contribution in [0.4, 0.5) is 0 Å². The molecule has 0 aliphatic carbocycles. The average Bonchev–Trinajstić information content (AvgIpc) is 2.84. The molecule has 5 heteroatoms. The fraction of sp³-hybridized carbons (Fsp3) is 0.267. The highest BCUT2D eigenvalue weighted by atomic mass is 79.9. The van der Waals surface area contributed by atoms with Gasteiger partial charge in [0.15, 0.2) is 0 Å². The van der Waals surface area contributed by atoms with E-state index in [-0.39, 0.29) is 5.91 Å². The van der Waals surface area contributed by atoms with Crippen molar-refractivity contribution in [3.63, 3.8) is 0 Å². The highest BCUT2D eigenvalue weighted by molar-refractivity contribution is 9.10. The summed E-state index contributed by atoms with van der Waals surface area (Å²) in [7, 11) is 0. The quantitative estimate of drug-likeness (QED) is 0.837. The van der Waals surface area contributed by atoms with Crippen LogP contribution in [0.2, 0.25) is 0 Å². The van der Waals surface area contributed by atoms with Gasteiger partial charge in [0.05, 0.1) is 6.54 Å². The maximum absolute atomic E-state index is 11.7. The fourth-order valence-electron chi connectivity index (χ4n) is 1.74. The standard InChI is InChI=1S/C15H17BrN2OS/c1-11-2-7-14(20-11)9-17-10-15(19)18-8-12-3-5-13(16)6-4-12/h2-7,17H,8-10H2,1H3,(H,18,19). The van der Waals surface area contributed by atoms with E-state index in [9.17, 15) is 4.79 Å². The van der Waals surface area contributed by atoms with Crippen LogP contribution < -0.4 is 10.6 Å². The van der Waals surface area contributed by atoms with E-state index < -0.39 is 0 Å². The van der Waals surface area contributed by atoms with Crippen LogP contribution >= 0.6 is 27.3 Å². The van der Waals surface area contributed by atoms with Gasteiger partial charge >= 0.3 is 0 Å². The summed E-state index contributed by atoms with van der Waals surface area (Å²) in [6.45, 7) is 3.72. The minimum absolute atomic E-state index is 0.0150. The summed E-state index contributed by atoms with van der Waals surface area (Å²) in [4.78, 5) is 14.2. The van der Waals surface area contributed by atoms with Gasteiger partial charge in [0.25, 0.3) is 0 Å². The van der Waals surface area contributed by atoms with Gasteiger partial charge in [-0.3, -0.25) is 4.79 Å². The van der Waals surface area contributed by atoms with E-state index in [4.69, 9.17) is 0 Å². The van der Waals surface area contributed by atoms with Gasteiger partial charge < -0.3 is 10.6 Å². The Morgan fingerprint density at radius 1 is 1.15 bits per heavy atom. The van der Waals surface area contributed by atoms with Crippen molar-refractivity contribution in [2.75, 3.05) is 6.54 Å². The Balaban J connectivity index is 1.66. The first-order chi connectivity index (χ1) is 9.63. The zero-order valence-corrected chi connectivity index (χ0v) is 13.7. The lowest BCUT2D eigenvalue weighted by atomic mass is 10.2. The zero-order chi connectivity index (χ0) is 14.4. The van der Waals surface area contributed by atoms with Crippen LogP contribution in [0, 0.1) is 6.92 Å². The lowest BCUT2D eigenvalue weighted by Gasteiger charge is -2.06. The number of rotatable bonds is 6. The number of carbonyl (C=O) groups excluding carboxylic acids is 1. The molecule has 106 valence electrons. The Morgan fingerprint density at radius 3 is 2.55 bits per heavy atom. The largest absolute Gasteiger partial charge is 0.351 e. The summed E-state index contributed by atoms with van der Waals surface area (Å²) in [6.07, 6.45) is 0. The van der Waals surface area contributed by atoms with Crippen LogP contribution in [0.15, 0.2) is 40.9 Å². The van der Waals surface area contributed by atoms with Crippen molar-refractivity contribution < 1.29 is 4.79 Å².